The third-order valence-electron chi connectivity index (χ3n) is 3.17. The van der Waals surface area contributed by atoms with Gasteiger partial charge in [0.25, 0.3) is 0 Å². The Labute approximate surface area is 101 Å². The molecule has 1 aromatic heterocycles. The van der Waals surface area contributed by atoms with Crippen molar-refractivity contribution in [3.05, 3.63) is 18.0 Å². The highest BCUT2D eigenvalue weighted by Gasteiger charge is 2.33. The molecule has 1 saturated heterocycles. The zero-order valence-corrected chi connectivity index (χ0v) is 10.3. The van der Waals surface area contributed by atoms with Crippen molar-refractivity contribution in [1.82, 2.24) is 9.78 Å². The Morgan fingerprint density at radius 1 is 1.65 bits per heavy atom. The van der Waals surface area contributed by atoms with Crippen LogP contribution in [0.25, 0.3) is 0 Å². The third-order valence-corrected chi connectivity index (χ3v) is 3.17. The number of hydrogen-bond acceptors (Lipinski definition) is 3. The van der Waals surface area contributed by atoms with Gasteiger partial charge in [-0.3, -0.25) is 9.48 Å². The van der Waals surface area contributed by atoms with Crippen LogP contribution in [0.15, 0.2) is 12.3 Å². The molecule has 1 fully saturated rings. The van der Waals surface area contributed by atoms with Crippen LogP contribution in [-0.4, -0.2) is 22.3 Å². The Bertz CT molecular complexity index is 400. The van der Waals surface area contributed by atoms with E-state index in [2.05, 4.69) is 18.9 Å². The van der Waals surface area contributed by atoms with Gasteiger partial charge in [0.1, 0.15) is 6.10 Å². The van der Waals surface area contributed by atoms with Crippen molar-refractivity contribution >= 4 is 5.91 Å². The van der Waals surface area contributed by atoms with Crippen LogP contribution in [-0.2, 0) is 9.53 Å². The summed E-state index contributed by atoms with van der Waals surface area (Å²) in [6.07, 6.45) is 3.18. The molecule has 94 valence electrons. The highest BCUT2D eigenvalue weighted by Crippen LogP contribution is 2.34. The van der Waals surface area contributed by atoms with Gasteiger partial charge in [0.2, 0.25) is 5.91 Å². The summed E-state index contributed by atoms with van der Waals surface area (Å²) < 4.78 is 7.62. The first-order valence-corrected chi connectivity index (χ1v) is 6.05. The Morgan fingerprint density at radius 3 is 3.06 bits per heavy atom. The van der Waals surface area contributed by atoms with Gasteiger partial charge in [-0.25, -0.2) is 0 Å². The van der Waals surface area contributed by atoms with Crippen LogP contribution >= 0.6 is 0 Å². The number of hydrogen-bond donors (Lipinski definition) is 1. The number of nitrogens with two attached hydrogens (primary N) is 1. The number of carbonyl (C=O) groups excluding carboxylic acids is 1. The maximum atomic E-state index is 11.5. The van der Waals surface area contributed by atoms with Gasteiger partial charge in [0.15, 0.2) is 0 Å². The minimum Gasteiger partial charge on any atom is -0.371 e. The molecule has 1 amide bonds. The summed E-state index contributed by atoms with van der Waals surface area (Å²) in [7, 11) is 0. The van der Waals surface area contributed by atoms with Gasteiger partial charge in [0.05, 0.1) is 11.6 Å². The number of amides is 1. The molecule has 2 rings (SSSR count). The summed E-state index contributed by atoms with van der Waals surface area (Å²) in [6, 6.07) is 2.16. The average Bonchev–Trinajstić information content (AvgIpc) is 2.77. The molecule has 2 atom stereocenters. The number of primary amides is 1. The molecule has 0 aromatic carbocycles. The lowest BCUT2D eigenvalue weighted by atomic mass is 9.91. The summed E-state index contributed by atoms with van der Waals surface area (Å²) in [5, 5.41) is 4.27. The Kier molecular flexibility index (Phi) is 3.47. The summed E-state index contributed by atoms with van der Waals surface area (Å²) in [5.74, 6) is -0.524. The van der Waals surface area contributed by atoms with Crippen molar-refractivity contribution in [3.8, 4) is 0 Å². The van der Waals surface area contributed by atoms with Gasteiger partial charge in [0, 0.05) is 18.8 Å². The molecule has 0 unspecified atom stereocenters. The molecule has 1 aliphatic rings. The van der Waals surface area contributed by atoms with Crippen molar-refractivity contribution in [3.63, 3.8) is 0 Å². The molecule has 2 N–H and O–H groups in total. The van der Waals surface area contributed by atoms with E-state index in [9.17, 15) is 4.79 Å². The molecule has 0 saturated carbocycles. The van der Waals surface area contributed by atoms with E-state index in [1.54, 1.807) is 6.20 Å². The normalized spacial score (nSPS) is 25.1. The summed E-state index contributed by atoms with van der Waals surface area (Å²) in [6.45, 7) is 4.79. The Morgan fingerprint density at radius 2 is 2.41 bits per heavy atom. The second-order valence-electron chi connectivity index (χ2n) is 4.74. The molecule has 1 aliphatic heterocycles. The third kappa shape index (κ3) is 2.34. The number of aromatic nitrogens is 2. The molecule has 2 heterocycles. The molecule has 0 radical (unpaired) electrons. The molecular weight excluding hydrogens is 218 g/mol. The highest BCUT2D eigenvalue weighted by atomic mass is 16.5. The zero-order chi connectivity index (χ0) is 12.4. The van der Waals surface area contributed by atoms with E-state index in [1.807, 2.05) is 10.7 Å². The first-order valence-electron chi connectivity index (χ1n) is 6.05. The lowest BCUT2D eigenvalue weighted by Gasteiger charge is -2.30. The van der Waals surface area contributed by atoms with Crippen molar-refractivity contribution in [2.24, 2.45) is 11.7 Å². The van der Waals surface area contributed by atoms with E-state index in [-0.39, 0.29) is 24.0 Å². The van der Waals surface area contributed by atoms with Gasteiger partial charge in [-0.1, -0.05) is 0 Å². The monoisotopic (exact) mass is 237 g/mol. The molecule has 1 aromatic rings. The number of carbonyl (C=O) groups is 1. The highest BCUT2D eigenvalue weighted by molar-refractivity contribution is 5.77. The van der Waals surface area contributed by atoms with Crippen molar-refractivity contribution < 1.29 is 9.53 Å². The van der Waals surface area contributed by atoms with Crippen LogP contribution in [0.3, 0.4) is 0 Å². The lowest BCUT2D eigenvalue weighted by Crippen LogP contribution is -2.34. The number of rotatable bonds is 3. The van der Waals surface area contributed by atoms with Gasteiger partial charge in [-0.2, -0.15) is 5.10 Å². The fraction of sp³-hybridized carbons (Fsp3) is 0.667. The van der Waals surface area contributed by atoms with Gasteiger partial charge < -0.3 is 10.5 Å². The Hall–Kier alpha value is -1.36. The van der Waals surface area contributed by atoms with Gasteiger partial charge >= 0.3 is 0 Å². The smallest absolute Gasteiger partial charge is 0.223 e. The minimum atomic E-state index is -0.286. The first kappa shape index (κ1) is 12.1. The van der Waals surface area contributed by atoms with Crippen LogP contribution in [0.5, 0.6) is 0 Å². The molecule has 5 heteroatoms. The van der Waals surface area contributed by atoms with E-state index in [4.69, 9.17) is 10.5 Å². The zero-order valence-electron chi connectivity index (χ0n) is 10.3. The Balaban J connectivity index is 2.29. The van der Waals surface area contributed by atoms with E-state index < -0.39 is 0 Å². The standard InChI is InChI=1S/C12H19N3O2/c1-8(2)15-10(5-6-14-15)11-9(12(13)16)4-3-7-17-11/h5-6,8-9,11H,3-4,7H2,1-2H3,(H2,13,16)/t9-,11-/m1/s1. The maximum absolute atomic E-state index is 11.5. The summed E-state index contributed by atoms with van der Waals surface area (Å²) in [4.78, 5) is 11.5. The van der Waals surface area contributed by atoms with E-state index in [1.165, 1.54) is 0 Å². The lowest BCUT2D eigenvalue weighted by molar-refractivity contribution is -0.131. The van der Waals surface area contributed by atoms with E-state index in [0.29, 0.717) is 6.61 Å². The molecular formula is C12H19N3O2. The second kappa shape index (κ2) is 4.87. The summed E-state index contributed by atoms with van der Waals surface area (Å²) in [5.41, 5.74) is 6.39. The largest absolute Gasteiger partial charge is 0.371 e. The van der Waals surface area contributed by atoms with Crippen LogP contribution in [0.1, 0.15) is 44.5 Å². The van der Waals surface area contributed by atoms with Crippen LogP contribution in [0, 0.1) is 5.92 Å². The number of ether oxygens (including phenoxy) is 1. The van der Waals surface area contributed by atoms with Gasteiger partial charge in [-0.05, 0) is 32.8 Å². The topological polar surface area (TPSA) is 70.1 Å². The first-order chi connectivity index (χ1) is 8.11. The average molecular weight is 237 g/mol. The van der Waals surface area contributed by atoms with Gasteiger partial charge in [-0.15, -0.1) is 0 Å². The van der Waals surface area contributed by atoms with Crippen molar-refractivity contribution in [2.75, 3.05) is 6.61 Å². The van der Waals surface area contributed by atoms with E-state index in [0.717, 1.165) is 18.5 Å². The molecule has 17 heavy (non-hydrogen) atoms. The van der Waals surface area contributed by atoms with Crippen molar-refractivity contribution in [2.45, 2.75) is 38.8 Å². The molecule has 0 aliphatic carbocycles. The molecule has 0 spiro atoms. The SMILES string of the molecule is CC(C)n1nccc1[C@@H]1OCCC[C@H]1C(N)=O. The van der Waals surface area contributed by atoms with Crippen molar-refractivity contribution in [1.29, 1.82) is 0 Å². The fourth-order valence-corrected chi connectivity index (χ4v) is 2.35. The second-order valence-corrected chi connectivity index (χ2v) is 4.74. The predicted molar refractivity (Wildman–Crippen MR) is 63.2 cm³/mol. The molecule has 5 nitrogen and oxygen atoms in total. The molecule has 0 bridgehead atoms. The van der Waals surface area contributed by atoms with E-state index >= 15 is 0 Å². The van der Waals surface area contributed by atoms with Crippen LogP contribution in [0.2, 0.25) is 0 Å². The van der Waals surface area contributed by atoms with Crippen LogP contribution < -0.4 is 5.73 Å². The number of nitrogens with zero attached hydrogens (tertiary/aromatic N) is 2. The maximum Gasteiger partial charge on any atom is 0.223 e. The predicted octanol–water partition coefficient (Wildman–Crippen LogP) is 1.42. The summed E-state index contributed by atoms with van der Waals surface area (Å²) >= 11 is 0. The minimum absolute atomic E-state index is 0.238. The van der Waals surface area contributed by atoms with Crippen LogP contribution in [0.4, 0.5) is 0 Å². The quantitative estimate of drug-likeness (QED) is 0.864. The fourth-order valence-electron chi connectivity index (χ4n) is 2.35.